The van der Waals surface area contributed by atoms with Gasteiger partial charge >= 0.3 is 0 Å². The number of benzene rings is 5. The molecule has 0 bridgehead atoms. The topological polar surface area (TPSA) is 0 Å². The number of hydrogen-bond acceptors (Lipinski definition) is 0. The maximum atomic E-state index is 15.1. The van der Waals surface area contributed by atoms with Crippen LogP contribution in [0.4, 0.5) is 26.3 Å². The molecule has 0 aliphatic carbocycles. The van der Waals surface area contributed by atoms with Crippen molar-refractivity contribution < 1.29 is 26.3 Å². The Bertz CT molecular complexity index is 1800. The van der Waals surface area contributed by atoms with Crippen molar-refractivity contribution in [2.75, 3.05) is 0 Å². The molecule has 5 rings (SSSR count). The summed E-state index contributed by atoms with van der Waals surface area (Å²) in [4.78, 5) is 0. The van der Waals surface area contributed by atoms with Gasteiger partial charge in [-0.1, -0.05) is 48.2 Å². The highest BCUT2D eigenvalue weighted by molar-refractivity contribution is 5.75. The first-order valence-electron chi connectivity index (χ1n) is 12.2. The van der Waals surface area contributed by atoms with Gasteiger partial charge < -0.3 is 0 Å². The molecule has 0 aliphatic heterocycles. The lowest BCUT2D eigenvalue weighted by Gasteiger charge is -2.11. The molecular weight excluding hydrogens is 522 g/mol. The molecule has 0 unspecified atom stereocenters. The molecule has 0 fully saturated rings. The number of hydrogen-bond donors (Lipinski definition) is 0. The molecule has 0 radical (unpaired) electrons. The third-order valence-electron chi connectivity index (χ3n) is 6.53. The molecule has 40 heavy (non-hydrogen) atoms. The molecular formula is C34H20F6. The van der Waals surface area contributed by atoms with E-state index in [0.717, 1.165) is 18.2 Å². The fourth-order valence-electron chi connectivity index (χ4n) is 4.45. The lowest BCUT2D eigenvalue weighted by Crippen LogP contribution is -1.94. The first-order chi connectivity index (χ1) is 19.1. The molecule has 0 saturated heterocycles. The number of aryl methyl sites for hydroxylation is 2. The Morgan fingerprint density at radius 1 is 0.450 bits per heavy atom. The van der Waals surface area contributed by atoms with E-state index in [1.54, 1.807) is 44.2 Å². The highest BCUT2D eigenvalue weighted by Crippen LogP contribution is 2.33. The zero-order chi connectivity index (χ0) is 28.6. The Hall–Kier alpha value is -4.76. The Morgan fingerprint density at radius 3 is 1.60 bits per heavy atom. The molecule has 0 aliphatic rings. The van der Waals surface area contributed by atoms with Crippen LogP contribution in [0.2, 0.25) is 0 Å². The lowest BCUT2D eigenvalue weighted by atomic mass is 9.96. The average Bonchev–Trinajstić information content (AvgIpc) is 2.90. The van der Waals surface area contributed by atoms with Crippen molar-refractivity contribution in [3.05, 3.63) is 142 Å². The second-order valence-corrected chi connectivity index (χ2v) is 9.40. The minimum absolute atomic E-state index is 0.0382. The predicted molar refractivity (Wildman–Crippen MR) is 144 cm³/mol. The standard InChI is InChI=1S/C34H20F6/c1-19-13-32(39)34(33(40)14-19)25-10-12-27(29(36)18-25)24-9-11-26(28(35)17-24)22-6-3-21(4-7-22)5-8-23-16-31(38)30(37)15-20(23)2/h3-4,6-7,9-18H,1-2H3. The minimum Gasteiger partial charge on any atom is -0.206 e. The van der Waals surface area contributed by atoms with Gasteiger partial charge in [0.25, 0.3) is 0 Å². The fourth-order valence-corrected chi connectivity index (χ4v) is 4.45. The van der Waals surface area contributed by atoms with Gasteiger partial charge in [0.1, 0.15) is 23.3 Å². The molecule has 0 N–H and O–H groups in total. The maximum Gasteiger partial charge on any atom is 0.160 e. The van der Waals surface area contributed by atoms with E-state index in [-0.39, 0.29) is 27.8 Å². The summed E-state index contributed by atoms with van der Waals surface area (Å²) in [7, 11) is 0. The molecule has 0 spiro atoms. The largest absolute Gasteiger partial charge is 0.206 e. The van der Waals surface area contributed by atoms with Crippen LogP contribution in [0.15, 0.2) is 84.9 Å². The highest BCUT2D eigenvalue weighted by Gasteiger charge is 2.16. The minimum atomic E-state index is -0.978. The Balaban J connectivity index is 1.39. The molecule has 5 aromatic rings. The zero-order valence-corrected chi connectivity index (χ0v) is 21.4. The van der Waals surface area contributed by atoms with E-state index >= 15 is 8.78 Å². The quantitative estimate of drug-likeness (QED) is 0.157. The van der Waals surface area contributed by atoms with E-state index in [0.29, 0.717) is 27.8 Å². The maximum absolute atomic E-state index is 15.1. The average molecular weight is 543 g/mol. The van der Waals surface area contributed by atoms with Crippen LogP contribution < -0.4 is 0 Å². The van der Waals surface area contributed by atoms with Crippen LogP contribution in [0.25, 0.3) is 33.4 Å². The number of halogens is 6. The van der Waals surface area contributed by atoms with Crippen molar-refractivity contribution in [2.45, 2.75) is 13.8 Å². The molecule has 0 amide bonds. The van der Waals surface area contributed by atoms with Crippen molar-refractivity contribution in [1.29, 1.82) is 0 Å². The van der Waals surface area contributed by atoms with Crippen LogP contribution in [0.5, 0.6) is 0 Å². The Labute approximate surface area is 227 Å². The van der Waals surface area contributed by atoms with Crippen LogP contribution in [0.3, 0.4) is 0 Å². The molecule has 198 valence electrons. The van der Waals surface area contributed by atoms with Gasteiger partial charge in [-0.25, -0.2) is 26.3 Å². The first kappa shape index (κ1) is 26.8. The van der Waals surface area contributed by atoms with Crippen LogP contribution in [-0.4, -0.2) is 0 Å². The molecule has 5 aromatic carbocycles. The normalized spacial score (nSPS) is 10.8. The summed E-state index contributed by atoms with van der Waals surface area (Å²) in [5.41, 5.74) is 2.76. The summed E-state index contributed by atoms with van der Waals surface area (Å²) in [6, 6.07) is 19.2. The van der Waals surface area contributed by atoms with E-state index in [1.807, 2.05) is 0 Å². The Kier molecular flexibility index (Phi) is 7.23. The number of rotatable bonds is 3. The summed E-state index contributed by atoms with van der Waals surface area (Å²) in [5, 5.41) is 0. The van der Waals surface area contributed by atoms with Gasteiger partial charge in [-0.2, -0.15) is 0 Å². The third-order valence-corrected chi connectivity index (χ3v) is 6.53. The molecule has 0 nitrogen and oxygen atoms in total. The van der Waals surface area contributed by atoms with Gasteiger partial charge in [0.15, 0.2) is 11.6 Å². The molecule has 0 atom stereocenters. The van der Waals surface area contributed by atoms with E-state index < -0.39 is 34.9 Å². The summed E-state index contributed by atoms with van der Waals surface area (Å²) in [6.45, 7) is 3.19. The smallest absolute Gasteiger partial charge is 0.160 e. The van der Waals surface area contributed by atoms with Crippen molar-refractivity contribution in [3.63, 3.8) is 0 Å². The van der Waals surface area contributed by atoms with Crippen LogP contribution in [-0.2, 0) is 0 Å². The summed E-state index contributed by atoms with van der Waals surface area (Å²) >= 11 is 0. The summed E-state index contributed by atoms with van der Waals surface area (Å²) in [6.07, 6.45) is 0. The SMILES string of the molecule is Cc1cc(F)c(-c2ccc(-c3ccc(-c4ccc(C#Cc5cc(F)c(F)cc5C)cc4)c(F)c3)c(F)c2)c(F)c1. The molecule has 0 heterocycles. The van der Waals surface area contributed by atoms with Gasteiger partial charge in [-0.15, -0.1) is 0 Å². The lowest BCUT2D eigenvalue weighted by molar-refractivity contribution is 0.507. The highest BCUT2D eigenvalue weighted by atomic mass is 19.2. The van der Waals surface area contributed by atoms with Crippen LogP contribution in [0, 0.1) is 60.6 Å². The summed E-state index contributed by atoms with van der Waals surface area (Å²) in [5.74, 6) is 0.856. The van der Waals surface area contributed by atoms with Crippen LogP contribution >= 0.6 is 0 Å². The first-order valence-corrected chi connectivity index (χ1v) is 12.2. The van der Waals surface area contributed by atoms with E-state index in [2.05, 4.69) is 11.8 Å². The van der Waals surface area contributed by atoms with Gasteiger partial charge in [0.05, 0.1) is 5.56 Å². The third kappa shape index (κ3) is 5.37. The van der Waals surface area contributed by atoms with Crippen molar-refractivity contribution >= 4 is 0 Å². The molecule has 0 aromatic heterocycles. The molecule has 6 heteroatoms. The predicted octanol–water partition coefficient (Wildman–Crippen LogP) is 9.54. The molecule has 0 saturated carbocycles. The van der Waals surface area contributed by atoms with Gasteiger partial charge in [-0.3, -0.25) is 0 Å². The van der Waals surface area contributed by atoms with E-state index in [1.165, 1.54) is 36.4 Å². The van der Waals surface area contributed by atoms with Crippen LogP contribution in [0.1, 0.15) is 22.3 Å². The van der Waals surface area contributed by atoms with Crippen molar-refractivity contribution in [3.8, 4) is 45.2 Å². The van der Waals surface area contributed by atoms with Crippen molar-refractivity contribution in [1.82, 2.24) is 0 Å². The monoisotopic (exact) mass is 542 g/mol. The second-order valence-electron chi connectivity index (χ2n) is 9.40. The van der Waals surface area contributed by atoms with E-state index in [4.69, 9.17) is 0 Å². The fraction of sp³-hybridized carbons (Fsp3) is 0.0588. The summed E-state index contributed by atoms with van der Waals surface area (Å²) < 4.78 is 85.7. The second kappa shape index (κ2) is 10.8. The van der Waals surface area contributed by atoms with Gasteiger partial charge in [-0.05, 0) is 90.2 Å². The van der Waals surface area contributed by atoms with Crippen molar-refractivity contribution in [2.24, 2.45) is 0 Å². The Morgan fingerprint density at radius 2 is 0.975 bits per heavy atom. The van der Waals surface area contributed by atoms with E-state index in [9.17, 15) is 17.6 Å². The van der Waals surface area contributed by atoms with Gasteiger partial charge in [0, 0.05) is 22.3 Å². The van der Waals surface area contributed by atoms with Gasteiger partial charge in [0.2, 0.25) is 0 Å². The zero-order valence-electron chi connectivity index (χ0n) is 21.4.